The molecule has 0 radical (unpaired) electrons. The Labute approximate surface area is 106 Å². The molecule has 0 unspecified atom stereocenters. The van der Waals surface area contributed by atoms with E-state index in [4.69, 9.17) is 0 Å². The van der Waals surface area contributed by atoms with Crippen LogP contribution in [0, 0.1) is 0 Å². The van der Waals surface area contributed by atoms with Crippen LogP contribution >= 0.6 is 0 Å². The third kappa shape index (κ3) is 4.98. The molecular weight excluding hydrogens is 241 g/mol. The zero-order chi connectivity index (χ0) is 13.8. The van der Waals surface area contributed by atoms with Crippen LogP contribution in [0.25, 0.3) is 0 Å². The van der Waals surface area contributed by atoms with E-state index in [1.807, 2.05) is 19.9 Å². The molecule has 0 N–H and O–H groups in total. The van der Waals surface area contributed by atoms with Gasteiger partial charge in [-0.05, 0) is 42.0 Å². The van der Waals surface area contributed by atoms with Crippen molar-refractivity contribution >= 4 is 0 Å². The fourth-order valence-corrected chi connectivity index (χ4v) is 1.74. The molecule has 1 nitrogen and oxygen atoms in total. The molecule has 0 aliphatic rings. The van der Waals surface area contributed by atoms with Crippen molar-refractivity contribution < 1.29 is 17.9 Å². The first-order valence-electron chi connectivity index (χ1n) is 6.21. The normalized spacial score (nSPS) is 11.9. The zero-order valence-electron chi connectivity index (χ0n) is 11.0. The van der Waals surface area contributed by atoms with Gasteiger partial charge in [-0.15, -0.1) is 13.2 Å². The topological polar surface area (TPSA) is 9.23 Å². The number of hydrogen-bond acceptors (Lipinski definition) is 1. The van der Waals surface area contributed by atoms with Gasteiger partial charge in [0.25, 0.3) is 0 Å². The van der Waals surface area contributed by atoms with Crippen LogP contribution in [0.3, 0.4) is 0 Å². The maximum Gasteiger partial charge on any atom is 0.573 e. The summed E-state index contributed by atoms with van der Waals surface area (Å²) in [6.07, 6.45) is -1.86. The highest BCUT2D eigenvalue weighted by Crippen LogP contribution is 2.28. The Hall–Kier alpha value is -1.19. The predicted octanol–water partition coefficient (Wildman–Crippen LogP) is 5.05. The Morgan fingerprint density at radius 2 is 1.83 bits per heavy atom. The molecule has 0 aliphatic heterocycles. The summed E-state index contributed by atoms with van der Waals surface area (Å²) in [4.78, 5) is 0. The van der Waals surface area contributed by atoms with Crippen molar-refractivity contribution in [1.82, 2.24) is 0 Å². The summed E-state index contributed by atoms with van der Waals surface area (Å²) in [6.45, 7) is 5.96. The summed E-state index contributed by atoms with van der Waals surface area (Å²) < 4.78 is 40.7. The Kier molecular flexibility index (Phi) is 5.05. The molecule has 0 aromatic heterocycles. The number of ether oxygens (including phenoxy) is 1. The van der Waals surface area contributed by atoms with Crippen LogP contribution in [-0.4, -0.2) is 6.36 Å². The van der Waals surface area contributed by atoms with Crippen molar-refractivity contribution in [3.05, 3.63) is 29.3 Å². The molecule has 0 bridgehead atoms. The van der Waals surface area contributed by atoms with E-state index < -0.39 is 6.36 Å². The quantitative estimate of drug-likeness (QED) is 0.719. The van der Waals surface area contributed by atoms with Crippen molar-refractivity contribution in [2.24, 2.45) is 0 Å². The molecule has 4 heteroatoms. The Balaban J connectivity index is 2.98. The van der Waals surface area contributed by atoms with Gasteiger partial charge in [0.05, 0.1) is 0 Å². The van der Waals surface area contributed by atoms with Crippen LogP contribution in [-0.2, 0) is 6.42 Å². The Bertz CT molecular complexity index is 383. The van der Waals surface area contributed by atoms with Gasteiger partial charge >= 0.3 is 6.36 Å². The van der Waals surface area contributed by atoms with Crippen molar-refractivity contribution in [1.29, 1.82) is 0 Å². The highest BCUT2D eigenvalue weighted by Gasteiger charge is 2.31. The smallest absolute Gasteiger partial charge is 0.406 e. The summed E-state index contributed by atoms with van der Waals surface area (Å²) in [7, 11) is 0. The van der Waals surface area contributed by atoms with Gasteiger partial charge in [0, 0.05) is 0 Å². The molecule has 18 heavy (non-hydrogen) atoms. The molecule has 0 amide bonds. The lowest BCUT2D eigenvalue weighted by atomic mass is 9.98. The van der Waals surface area contributed by atoms with Gasteiger partial charge in [0.15, 0.2) is 0 Å². The molecule has 102 valence electrons. The minimum absolute atomic E-state index is 0.111. The van der Waals surface area contributed by atoms with Crippen LogP contribution in [0.15, 0.2) is 18.2 Å². The van der Waals surface area contributed by atoms with Crippen molar-refractivity contribution in [3.8, 4) is 5.75 Å². The van der Waals surface area contributed by atoms with E-state index in [0.717, 1.165) is 30.4 Å². The molecule has 0 saturated heterocycles. The molecule has 1 aromatic rings. The number of halogens is 3. The van der Waals surface area contributed by atoms with Crippen LogP contribution in [0.1, 0.15) is 50.7 Å². The molecule has 0 heterocycles. The van der Waals surface area contributed by atoms with Gasteiger partial charge in [-0.25, -0.2) is 0 Å². The highest BCUT2D eigenvalue weighted by atomic mass is 19.4. The van der Waals surface area contributed by atoms with Gasteiger partial charge in [-0.2, -0.15) is 0 Å². The molecule has 0 atom stereocenters. The monoisotopic (exact) mass is 260 g/mol. The zero-order valence-corrected chi connectivity index (χ0v) is 11.0. The lowest BCUT2D eigenvalue weighted by Gasteiger charge is -2.14. The second kappa shape index (κ2) is 6.12. The Morgan fingerprint density at radius 3 is 2.33 bits per heavy atom. The van der Waals surface area contributed by atoms with Crippen LogP contribution in [0.4, 0.5) is 13.2 Å². The molecule has 0 aliphatic carbocycles. The predicted molar refractivity (Wildman–Crippen MR) is 65.8 cm³/mol. The van der Waals surface area contributed by atoms with E-state index in [1.165, 1.54) is 12.1 Å². The maximum absolute atomic E-state index is 12.2. The standard InChI is InChI=1S/C14H19F3O/c1-4-5-6-11-7-12(10(2)3)9-13(8-11)18-14(15,16)17/h7-10H,4-6H2,1-3H3. The molecular formula is C14H19F3O. The van der Waals surface area contributed by atoms with Crippen LogP contribution in [0.2, 0.25) is 0 Å². The largest absolute Gasteiger partial charge is 0.573 e. The van der Waals surface area contributed by atoms with Gasteiger partial charge in [0.1, 0.15) is 5.75 Å². The number of benzene rings is 1. The van der Waals surface area contributed by atoms with E-state index >= 15 is 0 Å². The fraction of sp³-hybridized carbons (Fsp3) is 0.571. The lowest BCUT2D eigenvalue weighted by Crippen LogP contribution is -2.17. The fourth-order valence-electron chi connectivity index (χ4n) is 1.74. The summed E-state index contributed by atoms with van der Waals surface area (Å²) in [5.41, 5.74) is 1.78. The molecule has 1 rings (SSSR count). The van der Waals surface area contributed by atoms with Gasteiger partial charge in [0.2, 0.25) is 0 Å². The maximum atomic E-state index is 12.2. The number of rotatable bonds is 5. The second-order valence-corrected chi connectivity index (χ2v) is 4.72. The van der Waals surface area contributed by atoms with Gasteiger partial charge < -0.3 is 4.74 Å². The summed E-state index contributed by atoms with van der Waals surface area (Å²) in [5, 5.41) is 0. The van der Waals surface area contributed by atoms with Crippen molar-refractivity contribution in [2.75, 3.05) is 0 Å². The van der Waals surface area contributed by atoms with E-state index in [1.54, 1.807) is 0 Å². The van der Waals surface area contributed by atoms with E-state index in [0.29, 0.717) is 0 Å². The first kappa shape index (κ1) is 14.9. The number of aryl methyl sites for hydroxylation is 1. The first-order valence-corrected chi connectivity index (χ1v) is 6.21. The van der Waals surface area contributed by atoms with E-state index in [9.17, 15) is 13.2 Å². The molecule has 0 saturated carbocycles. The number of unbranched alkanes of at least 4 members (excludes halogenated alkanes) is 1. The SMILES string of the molecule is CCCCc1cc(OC(F)(F)F)cc(C(C)C)c1. The Morgan fingerprint density at radius 1 is 1.17 bits per heavy atom. The van der Waals surface area contributed by atoms with Crippen LogP contribution < -0.4 is 4.74 Å². The summed E-state index contributed by atoms with van der Waals surface area (Å²) >= 11 is 0. The lowest BCUT2D eigenvalue weighted by molar-refractivity contribution is -0.274. The average molecular weight is 260 g/mol. The van der Waals surface area contributed by atoms with E-state index in [2.05, 4.69) is 11.7 Å². The molecule has 0 spiro atoms. The molecule has 1 aromatic carbocycles. The van der Waals surface area contributed by atoms with Gasteiger partial charge in [-0.1, -0.05) is 33.3 Å². The van der Waals surface area contributed by atoms with E-state index in [-0.39, 0.29) is 11.7 Å². The third-order valence-electron chi connectivity index (χ3n) is 2.71. The minimum Gasteiger partial charge on any atom is -0.406 e. The number of alkyl halides is 3. The van der Waals surface area contributed by atoms with Crippen LogP contribution in [0.5, 0.6) is 5.75 Å². The third-order valence-corrected chi connectivity index (χ3v) is 2.71. The van der Waals surface area contributed by atoms with Crippen molar-refractivity contribution in [3.63, 3.8) is 0 Å². The van der Waals surface area contributed by atoms with Gasteiger partial charge in [-0.3, -0.25) is 0 Å². The molecule has 0 fully saturated rings. The minimum atomic E-state index is -4.63. The first-order chi connectivity index (χ1) is 8.31. The van der Waals surface area contributed by atoms with Crippen molar-refractivity contribution in [2.45, 2.75) is 52.3 Å². The number of hydrogen-bond donors (Lipinski definition) is 0. The summed E-state index contributed by atoms with van der Waals surface area (Å²) in [6, 6.07) is 4.91. The summed E-state index contributed by atoms with van der Waals surface area (Å²) in [5.74, 6) is 0.0713. The highest BCUT2D eigenvalue weighted by molar-refractivity contribution is 5.36. The average Bonchev–Trinajstić information content (AvgIpc) is 2.23. The second-order valence-electron chi connectivity index (χ2n) is 4.72.